The summed E-state index contributed by atoms with van der Waals surface area (Å²) in [6.07, 6.45) is 0.572. The smallest absolute Gasteiger partial charge is 0.132 e. The van der Waals surface area contributed by atoms with Gasteiger partial charge < -0.3 is 9.84 Å². The zero-order valence-corrected chi connectivity index (χ0v) is 10.3. The topological polar surface area (TPSA) is 29.5 Å². The van der Waals surface area contributed by atoms with Gasteiger partial charge in [-0.2, -0.15) is 0 Å². The molecule has 0 aliphatic heterocycles. The van der Waals surface area contributed by atoms with E-state index in [2.05, 4.69) is 0 Å². The van der Waals surface area contributed by atoms with Crippen molar-refractivity contribution in [2.45, 2.75) is 13.0 Å². The molecular weight excluding hydrogens is 250 g/mol. The number of hydrogen-bond acceptors (Lipinski definition) is 2. The van der Waals surface area contributed by atoms with Crippen molar-refractivity contribution in [3.63, 3.8) is 0 Å². The fourth-order valence-corrected chi connectivity index (χ4v) is 1.71. The van der Waals surface area contributed by atoms with Crippen molar-refractivity contribution in [2.24, 2.45) is 0 Å². The molecule has 0 saturated carbocycles. The lowest BCUT2D eigenvalue weighted by Crippen LogP contribution is -2.01. The summed E-state index contributed by atoms with van der Waals surface area (Å²) in [7, 11) is 0. The minimum atomic E-state index is -0.614. The van der Waals surface area contributed by atoms with Crippen LogP contribution in [0.15, 0.2) is 42.5 Å². The van der Waals surface area contributed by atoms with Gasteiger partial charge in [0.15, 0.2) is 0 Å². The van der Waals surface area contributed by atoms with Gasteiger partial charge in [-0.1, -0.05) is 18.2 Å². The number of aliphatic hydroxyl groups excluding tert-OH is 1. The van der Waals surface area contributed by atoms with Crippen LogP contribution in [-0.2, 0) is 13.0 Å². The number of halogens is 2. The fraction of sp³-hybridized carbons (Fsp3) is 0.200. The van der Waals surface area contributed by atoms with Gasteiger partial charge in [-0.05, 0) is 36.2 Å². The second-order valence-corrected chi connectivity index (χ2v) is 4.11. The quantitative estimate of drug-likeness (QED) is 0.899. The van der Waals surface area contributed by atoms with Crippen molar-refractivity contribution in [3.8, 4) is 5.75 Å². The van der Waals surface area contributed by atoms with Crippen LogP contribution >= 0.6 is 0 Å². The van der Waals surface area contributed by atoms with E-state index in [1.807, 2.05) is 12.1 Å². The Balaban J connectivity index is 2.02. The summed E-state index contributed by atoms with van der Waals surface area (Å²) in [4.78, 5) is 0. The lowest BCUT2D eigenvalue weighted by atomic mass is 10.1. The maximum atomic E-state index is 13.4. The SMILES string of the molecule is OCCc1ccc(OCc2c(F)cccc2F)cc1. The largest absolute Gasteiger partial charge is 0.489 e. The Morgan fingerprint density at radius 3 is 2.16 bits per heavy atom. The molecule has 2 rings (SSSR count). The van der Waals surface area contributed by atoms with Crippen LogP contribution in [0.1, 0.15) is 11.1 Å². The zero-order chi connectivity index (χ0) is 13.7. The summed E-state index contributed by atoms with van der Waals surface area (Å²) in [5.41, 5.74) is 0.897. The second kappa shape index (κ2) is 6.29. The van der Waals surface area contributed by atoms with Crippen molar-refractivity contribution in [3.05, 3.63) is 65.2 Å². The van der Waals surface area contributed by atoms with Crippen LogP contribution in [0, 0.1) is 11.6 Å². The molecular formula is C15H14F2O2. The highest BCUT2D eigenvalue weighted by molar-refractivity contribution is 5.28. The zero-order valence-electron chi connectivity index (χ0n) is 10.3. The van der Waals surface area contributed by atoms with E-state index in [0.29, 0.717) is 12.2 Å². The molecule has 0 aliphatic rings. The van der Waals surface area contributed by atoms with E-state index in [-0.39, 0.29) is 18.8 Å². The molecule has 2 nitrogen and oxygen atoms in total. The number of aliphatic hydroxyl groups is 1. The molecule has 2 aromatic carbocycles. The van der Waals surface area contributed by atoms with Gasteiger partial charge >= 0.3 is 0 Å². The number of rotatable bonds is 5. The molecule has 100 valence electrons. The first-order valence-corrected chi connectivity index (χ1v) is 5.96. The Hall–Kier alpha value is -1.94. The predicted molar refractivity (Wildman–Crippen MR) is 67.9 cm³/mol. The molecule has 0 aliphatic carbocycles. The molecule has 0 bridgehead atoms. The Bertz CT molecular complexity index is 518. The van der Waals surface area contributed by atoms with Gasteiger partial charge in [0, 0.05) is 6.61 Å². The molecule has 0 saturated heterocycles. The maximum absolute atomic E-state index is 13.4. The molecule has 1 N–H and O–H groups in total. The highest BCUT2D eigenvalue weighted by Crippen LogP contribution is 2.17. The van der Waals surface area contributed by atoms with E-state index in [9.17, 15) is 8.78 Å². The van der Waals surface area contributed by atoms with E-state index in [1.165, 1.54) is 18.2 Å². The van der Waals surface area contributed by atoms with Crippen LogP contribution in [0.2, 0.25) is 0 Å². The Labute approximate surface area is 110 Å². The van der Waals surface area contributed by atoms with Gasteiger partial charge in [-0.25, -0.2) is 8.78 Å². The van der Waals surface area contributed by atoms with Crippen molar-refractivity contribution in [2.75, 3.05) is 6.61 Å². The fourth-order valence-electron chi connectivity index (χ4n) is 1.71. The first-order chi connectivity index (χ1) is 9.20. The third kappa shape index (κ3) is 3.51. The predicted octanol–water partition coefficient (Wildman–Crippen LogP) is 3.08. The monoisotopic (exact) mass is 264 g/mol. The van der Waals surface area contributed by atoms with Gasteiger partial charge in [0.05, 0.1) is 5.56 Å². The summed E-state index contributed by atoms with van der Waals surface area (Å²) in [5, 5.41) is 8.79. The minimum Gasteiger partial charge on any atom is -0.489 e. The number of benzene rings is 2. The van der Waals surface area contributed by atoms with Crippen molar-refractivity contribution >= 4 is 0 Å². The number of hydrogen-bond donors (Lipinski definition) is 1. The van der Waals surface area contributed by atoms with Gasteiger partial charge in [-0.15, -0.1) is 0 Å². The van der Waals surface area contributed by atoms with Crippen LogP contribution < -0.4 is 4.74 Å². The molecule has 0 fully saturated rings. The number of ether oxygens (including phenoxy) is 1. The summed E-state index contributed by atoms with van der Waals surface area (Å²) in [6.45, 7) is -0.0709. The molecule has 0 amide bonds. The molecule has 0 unspecified atom stereocenters. The maximum Gasteiger partial charge on any atom is 0.132 e. The van der Waals surface area contributed by atoms with Crippen LogP contribution in [-0.4, -0.2) is 11.7 Å². The van der Waals surface area contributed by atoms with E-state index in [4.69, 9.17) is 9.84 Å². The van der Waals surface area contributed by atoms with Gasteiger partial charge in [0.2, 0.25) is 0 Å². The molecule has 0 heterocycles. The highest BCUT2D eigenvalue weighted by atomic mass is 19.1. The van der Waals surface area contributed by atoms with Gasteiger partial charge in [0.25, 0.3) is 0 Å². The van der Waals surface area contributed by atoms with E-state index in [1.54, 1.807) is 12.1 Å². The van der Waals surface area contributed by atoms with Gasteiger partial charge in [0.1, 0.15) is 24.0 Å². The summed E-state index contributed by atoms with van der Waals surface area (Å²) in [6, 6.07) is 10.8. The third-order valence-electron chi connectivity index (χ3n) is 2.77. The highest BCUT2D eigenvalue weighted by Gasteiger charge is 2.08. The molecule has 0 atom stereocenters. The van der Waals surface area contributed by atoms with E-state index in [0.717, 1.165) is 5.56 Å². The molecule has 19 heavy (non-hydrogen) atoms. The Morgan fingerprint density at radius 2 is 1.58 bits per heavy atom. The van der Waals surface area contributed by atoms with Crippen LogP contribution in [0.25, 0.3) is 0 Å². The summed E-state index contributed by atoms with van der Waals surface area (Å²) >= 11 is 0. The van der Waals surface area contributed by atoms with E-state index >= 15 is 0 Å². The van der Waals surface area contributed by atoms with Crippen molar-refractivity contribution in [1.82, 2.24) is 0 Å². The van der Waals surface area contributed by atoms with Crippen LogP contribution in [0.3, 0.4) is 0 Å². The lowest BCUT2D eigenvalue weighted by molar-refractivity contribution is 0.291. The molecule has 0 spiro atoms. The average Bonchev–Trinajstić information content (AvgIpc) is 2.40. The van der Waals surface area contributed by atoms with Crippen molar-refractivity contribution < 1.29 is 18.6 Å². The Kier molecular flexibility index (Phi) is 4.47. The molecule has 2 aromatic rings. The van der Waals surface area contributed by atoms with Gasteiger partial charge in [-0.3, -0.25) is 0 Å². The van der Waals surface area contributed by atoms with E-state index < -0.39 is 11.6 Å². The van der Waals surface area contributed by atoms with Crippen molar-refractivity contribution in [1.29, 1.82) is 0 Å². The standard InChI is InChI=1S/C15H14F2O2/c16-14-2-1-3-15(17)13(14)10-19-12-6-4-11(5-7-12)8-9-18/h1-7,18H,8-10H2. The Morgan fingerprint density at radius 1 is 0.947 bits per heavy atom. The average molecular weight is 264 g/mol. The second-order valence-electron chi connectivity index (χ2n) is 4.11. The van der Waals surface area contributed by atoms with Crippen LogP contribution in [0.4, 0.5) is 8.78 Å². The summed E-state index contributed by atoms with van der Waals surface area (Å²) < 4.78 is 32.1. The normalized spacial score (nSPS) is 10.5. The summed E-state index contributed by atoms with van der Waals surface area (Å²) in [5.74, 6) is -0.696. The first-order valence-electron chi connectivity index (χ1n) is 5.96. The molecule has 4 heteroatoms. The first kappa shape index (κ1) is 13.5. The lowest BCUT2D eigenvalue weighted by Gasteiger charge is -2.08. The molecule has 0 radical (unpaired) electrons. The third-order valence-corrected chi connectivity index (χ3v) is 2.77. The molecule has 0 aromatic heterocycles. The van der Waals surface area contributed by atoms with Crippen LogP contribution in [0.5, 0.6) is 5.75 Å². The minimum absolute atomic E-state index is 0.0815.